The number of halogens is 1. The molecule has 0 aliphatic heterocycles. The van der Waals surface area contributed by atoms with E-state index in [1.54, 1.807) is 12.1 Å². The Labute approximate surface area is 903 Å². The quantitative estimate of drug-likeness (QED) is 0.109. The molecule has 1 aliphatic carbocycles. The zero-order valence-corrected chi connectivity index (χ0v) is 92.9. The summed E-state index contributed by atoms with van der Waals surface area (Å²) in [5.41, 5.74) is 39.3. The molecule has 0 bridgehead atoms. The molecule has 1 aliphatic rings. The van der Waals surface area contributed by atoms with Gasteiger partial charge in [0.15, 0.2) is 9.84 Å². The van der Waals surface area contributed by atoms with Gasteiger partial charge in [-0.2, -0.15) is 0 Å². The summed E-state index contributed by atoms with van der Waals surface area (Å²) < 4.78 is 22.6. The van der Waals surface area contributed by atoms with Gasteiger partial charge in [-0.05, 0) is 312 Å². The number of hydrogen-bond donors (Lipinski definition) is 0. The average molecular weight is 2010 g/mol. The Hall–Kier alpha value is -10.9. The van der Waals surface area contributed by atoms with Gasteiger partial charge in [0.2, 0.25) is 0 Å². The molecular formula is C142H199ClO2S. The molecule has 2 nitrogen and oxygen atoms in total. The van der Waals surface area contributed by atoms with Gasteiger partial charge in [0.25, 0.3) is 0 Å². The molecule has 0 N–H and O–H groups in total. The van der Waals surface area contributed by atoms with Gasteiger partial charge < -0.3 is 0 Å². The van der Waals surface area contributed by atoms with Gasteiger partial charge in [0.05, 0.1) is 4.90 Å². The molecule has 14 aromatic rings. The highest BCUT2D eigenvalue weighted by Gasteiger charge is 2.21. The van der Waals surface area contributed by atoms with Crippen molar-refractivity contribution in [1.29, 1.82) is 0 Å². The Balaban J connectivity index is 0.00000162. The van der Waals surface area contributed by atoms with Crippen LogP contribution in [-0.4, -0.2) is 14.7 Å². The summed E-state index contributed by atoms with van der Waals surface area (Å²) in [6.45, 7) is 69.9. The molecule has 0 spiro atoms. The first-order valence-corrected chi connectivity index (χ1v) is 52.7. The maximum atomic E-state index is 11.3. The molecule has 0 aromatic heterocycles. The van der Waals surface area contributed by atoms with Gasteiger partial charge in [0, 0.05) is 11.3 Å². The van der Waals surface area contributed by atoms with Crippen LogP contribution in [0.4, 0.5) is 0 Å². The maximum Gasteiger partial charge on any atom is 0.175 e. The van der Waals surface area contributed by atoms with Crippen LogP contribution < -0.4 is 0 Å². The van der Waals surface area contributed by atoms with Crippen LogP contribution in [0.1, 0.15) is 320 Å². The van der Waals surface area contributed by atoms with Crippen molar-refractivity contribution in [3.05, 3.63) is 439 Å². The molecule has 0 saturated carbocycles. The highest BCUT2D eigenvalue weighted by atomic mass is 35.5. The lowest BCUT2D eigenvalue weighted by atomic mass is 9.84. The summed E-state index contributed by atoms with van der Waals surface area (Å²) in [5, 5.41) is 0.784. The molecule has 0 fully saturated rings. The first-order chi connectivity index (χ1) is 64.8. The summed E-state index contributed by atoms with van der Waals surface area (Å²) >= 11 is 5.95. The van der Waals surface area contributed by atoms with Gasteiger partial charge >= 0.3 is 0 Å². The van der Waals surface area contributed by atoms with Crippen molar-refractivity contribution < 1.29 is 8.42 Å². The molecule has 0 amide bonds. The van der Waals surface area contributed by atoms with Gasteiger partial charge in [-0.1, -0.05) is 564 Å². The van der Waals surface area contributed by atoms with E-state index in [9.17, 15) is 8.42 Å². The Bertz CT molecular complexity index is 6110. The predicted molar refractivity (Wildman–Crippen MR) is 662 cm³/mol. The van der Waals surface area contributed by atoms with Crippen molar-refractivity contribution in [3.8, 4) is 55.6 Å². The SMILES string of the molecule is C.C.C.C.C.C.C.CC(C)(C)Cc1ccc(-c2cccc3c2C=CC3)cc1.CC(C)(C)Cc1ccc(-c2ccccc2)cc1.CC(C)(C)Cc1ccc(C(C)(C)C)cc1.CC(C)(C)Cc1cccc(-c2ccccc2)c1.CCc1ccc(-c2cccc(Cl)c2)cc1.CS(=O)(=O)c1ccc(-c2ccccc2)cc1.Cc1ccc(C)c(CC(C)(C)C)c1.Cc1ccc(CC(C)(C)C)cc1C.Cc1ccc(CC(C)(C)C)cc1C. The van der Waals surface area contributed by atoms with Crippen LogP contribution in [0.5, 0.6) is 0 Å². The molecule has 4 heteroatoms. The van der Waals surface area contributed by atoms with Crippen molar-refractivity contribution in [2.45, 2.75) is 335 Å². The Morgan fingerprint density at radius 2 is 0.562 bits per heavy atom. The summed E-state index contributed by atoms with van der Waals surface area (Å²) in [5.74, 6) is 0. The number of allylic oxidation sites excluding steroid dienone is 1. The molecule has 146 heavy (non-hydrogen) atoms. The van der Waals surface area contributed by atoms with E-state index in [-0.39, 0.29) is 57.4 Å². The van der Waals surface area contributed by atoms with Crippen molar-refractivity contribution in [2.75, 3.05) is 6.26 Å². The van der Waals surface area contributed by atoms with Crippen molar-refractivity contribution in [2.24, 2.45) is 37.9 Å². The topological polar surface area (TPSA) is 34.1 Å². The van der Waals surface area contributed by atoms with E-state index in [1.807, 2.05) is 60.7 Å². The smallest absolute Gasteiger partial charge is 0.175 e. The highest BCUT2D eigenvalue weighted by molar-refractivity contribution is 7.90. The summed E-state index contributed by atoms with van der Waals surface area (Å²) in [6.07, 6.45) is 15.9. The minimum Gasteiger partial charge on any atom is -0.224 e. The van der Waals surface area contributed by atoms with E-state index in [0.29, 0.717) is 42.8 Å². The Kier molecular flexibility index (Phi) is 57.1. The second-order valence-electron chi connectivity index (χ2n) is 47.9. The Morgan fingerprint density at radius 3 is 0.925 bits per heavy atom. The maximum absolute atomic E-state index is 11.3. The minimum absolute atomic E-state index is 0. The van der Waals surface area contributed by atoms with E-state index < -0.39 is 9.84 Å². The molecule has 0 unspecified atom stereocenters. The fraction of sp³-hybridized carbons (Fsp3) is 0.394. The second-order valence-corrected chi connectivity index (χ2v) is 50.4. The van der Waals surface area contributed by atoms with Gasteiger partial charge in [-0.3, -0.25) is 0 Å². The molecule has 15 rings (SSSR count). The van der Waals surface area contributed by atoms with E-state index in [0.717, 1.165) is 67.5 Å². The fourth-order valence-corrected chi connectivity index (χ4v) is 17.4. The molecule has 0 heterocycles. The zero-order chi connectivity index (χ0) is 103. The van der Waals surface area contributed by atoms with E-state index in [2.05, 4.69) is 488 Å². The Morgan fingerprint density at radius 1 is 0.260 bits per heavy atom. The minimum atomic E-state index is -3.10. The largest absolute Gasteiger partial charge is 0.224 e. The number of aryl methyl sites for hydroxylation is 7. The van der Waals surface area contributed by atoms with Crippen LogP contribution >= 0.6 is 11.6 Å². The van der Waals surface area contributed by atoms with E-state index in [4.69, 9.17) is 11.6 Å². The first kappa shape index (κ1) is 135. The van der Waals surface area contributed by atoms with Gasteiger partial charge in [0.1, 0.15) is 0 Å². The van der Waals surface area contributed by atoms with Crippen LogP contribution in [0.25, 0.3) is 61.7 Å². The van der Waals surface area contributed by atoms with Crippen LogP contribution in [0.2, 0.25) is 5.02 Å². The predicted octanol–water partition coefficient (Wildman–Crippen LogP) is 43.4. The lowest BCUT2D eigenvalue weighted by Crippen LogP contribution is -2.12. The third-order valence-electron chi connectivity index (χ3n) is 23.7. The van der Waals surface area contributed by atoms with Crippen LogP contribution in [0, 0.1) is 79.4 Å². The van der Waals surface area contributed by atoms with Crippen molar-refractivity contribution >= 4 is 27.5 Å². The first-order valence-electron chi connectivity index (χ1n) is 50.5. The monoisotopic (exact) mass is 2000 g/mol. The van der Waals surface area contributed by atoms with Crippen LogP contribution in [0.3, 0.4) is 0 Å². The molecule has 0 saturated heterocycles. The third-order valence-corrected chi connectivity index (χ3v) is 25.0. The molecule has 0 radical (unpaired) electrons. The van der Waals surface area contributed by atoms with Crippen LogP contribution in [0.15, 0.2) is 345 Å². The molecular weight excluding hydrogens is 1810 g/mol. The normalized spacial score (nSPS) is 11.3. The lowest BCUT2D eigenvalue weighted by Gasteiger charge is -2.21. The fourth-order valence-electron chi connectivity index (χ4n) is 16.6. The zero-order valence-electron chi connectivity index (χ0n) is 91.4. The second kappa shape index (κ2) is 61.7. The molecule has 14 aromatic carbocycles. The molecule has 0 atom stereocenters. The average Bonchev–Trinajstić information content (AvgIpc) is 1.65. The number of fused-ring (bicyclic) bond motifs is 1. The number of benzene rings is 14. The van der Waals surface area contributed by atoms with Crippen molar-refractivity contribution in [3.63, 3.8) is 0 Å². The number of rotatable bonds is 14. The molecule has 792 valence electrons. The van der Waals surface area contributed by atoms with Crippen molar-refractivity contribution in [1.82, 2.24) is 0 Å². The standard InChI is InChI=1S/C20H22.2C17H20.C15H24.C14H13Cl.C13H12O2S.3C13H20.7CH4/c1-20(2,3)14-15-10-12-17(13-11-15)19-9-5-7-16-6-4-8-18(16)19;1-17(2,3)13-14-8-7-11-16(12-14)15-9-5-4-6-10-15;1-17(2,3)13-14-9-11-16(12-10-14)15-7-5-4-6-8-15;1-14(2,3)11-12-7-9-13(10-8-12)15(4,5)6;1-2-11-6-8-12(9-7-11)13-4-3-5-14(15)10-13;1-16(14,15)13-9-7-12(8-10-13)11-5-3-2-4-6-11;2*1-10-6-7-12(8-11(10)2)9-13(3,4)5;1-10-6-7-11(2)12(8-10)9-13(3,4)5;;;;;;;/h4-5,7-13H,6,14H2,1-3H3;2*4-12H,13H2,1-3H3;7-10H,11H2,1-6H3;3-10H,2H2,1H3;2-10H,1H3;3*6-8H,9H2,1-5H3;7*1H4. The van der Waals surface area contributed by atoms with Crippen LogP contribution in [-0.2, 0) is 73.0 Å². The number of hydrogen-bond acceptors (Lipinski definition) is 2. The third kappa shape index (κ3) is 52.1. The lowest BCUT2D eigenvalue weighted by molar-refractivity contribution is 0.410. The highest BCUT2D eigenvalue weighted by Crippen LogP contribution is 2.36. The van der Waals surface area contributed by atoms with E-state index >= 15 is 0 Å². The summed E-state index contributed by atoms with van der Waals surface area (Å²) in [6, 6.07) is 117. The van der Waals surface area contributed by atoms with Gasteiger partial charge in [-0.25, -0.2) is 8.42 Å². The number of sulfone groups is 1. The summed E-state index contributed by atoms with van der Waals surface area (Å²) in [4.78, 5) is 0.354. The summed E-state index contributed by atoms with van der Waals surface area (Å²) in [7, 11) is -3.10. The van der Waals surface area contributed by atoms with Gasteiger partial charge in [-0.15, -0.1) is 0 Å². The van der Waals surface area contributed by atoms with E-state index in [1.165, 1.54) is 152 Å².